The maximum absolute atomic E-state index is 13.2. The summed E-state index contributed by atoms with van der Waals surface area (Å²) in [6, 6.07) is 5.11. The molecule has 0 radical (unpaired) electrons. The SMILES string of the molecule is CC(C)(C)NC(=O)C(O)(CC(=O)c1ccc(Cl)cc1)C(F)(F)F. The Bertz CT molecular complexity index is 593. The molecule has 0 fully saturated rings. The maximum Gasteiger partial charge on any atom is 0.426 e. The number of hydrogen-bond donors (Lipinski definition) is 2. The molecule has 1 aromatic rings. The number of carbonyl (C=O) groups excluding carboxylic acids is 2. The highest BCUT2D eigenvalue weighted by Gasteiger charge is 2.60. The number of rotatable bonds is 4. The van der Waals surface area contributed by atoms with E-state index in [1.54, 1.807) is 0 Å². The van der Waals surface area contributed by atoms with E-state index < -0.39 is 35.4 Å². The predicted octanol–water partition coefficient (Wildman–Crippen LogP) is 3.12. The lowest BCUT2D eigenvalue weighted by atomic mass is 9.91. The third kappa shape index (κ3) is 4.94. The number of Topliss-reactive ketones (excluding diaryl/α,β-unsaturated/α-hetero) is 1. The van der Waals surface area contributed by atoms with E-state index in [9.17, 15) is 27.9 Å². The van der Waals surface area contributed by atoms with Gasteiger partial charge >= 0.3 is 6.18 Å². The van der Waals surface area contributed by atoms with Crippen LogP contribution in [0.4, 0.5) is 13.2 Å². The molecule has 1 aromatic carbocycles. The third-order valence-electron chi connectivity index (χ3n) is 2.92. The molecule has 0 saturated carbocycles. The van der Waals surface area contributed by atoms with Crippen molar-refractivity contribution >= 4 is 23.3 Å². The van der Waals surface area contributed by atoms with Crippen LogP contribution in [0.1, 0.15) is 37.6 Å². The molecule has 0 aliphatic carbocycles. The van der Waals surface area contributed by atoms with Crippen LogP contribution in [0.5, 0.6) is 0 Å². The number of benzene rings is 1. The molecule has 0 aliphatic heterocycles. The summed E-state index contributed by atoms with van der Waals surface area (Å²) < 4.78 is 39.6. The van der Waals surface area contributed by atoms with E-state index in [1.807, 2.05) is 5.32 Å². The zero-order valence-corrected chi connectivity index (χ0v) is 13.5. The minimum Gasteiger partial charge on any atom is -0.372 e. The smallest absolute Gasteiger partial charge is 0.372 e. The van der Waals surface area contributed by atoms with Crippen LogP contribution < -0.4 is 5.32 Å². The van der Waals surface area contributed by atoms with Gasteiger partial charge in [-0.25, -0.2) is 0 Å². The van der Waals surface area contributed by atoms with Crippen LogP contribution in [0.25, 0.3) is 0 Å². The van der Waals surface area contributed by atoms with Crippen LogP contribution in [-0.4, -0.2) is 34.1 Å². The van der Waals surface area contributed by atoms with Crippen molar-refractivity contribution in [3.63, 3.8) is 0 Å². The van der Waals surface area contributed by atoms with Crippen molar-refractivity contribution in [2.24, 2.45) is 0 Å². The molecule has 4 nitrogen and oxygen atoms in total. The molecule has 8 heteroatoms. The Morgan fingerprint density at radius 1 is 1.13 bits per heavy atom. The lowest BCUT2D eigenvalue weighted by molar-refractivity contribution is -0.250. The first-order valence-corrected chi connectivity index (χ1v) is 7.04. The first-order chi connectivity index (χ1) is 10.3. The molecule has 0 spiro atoms. The molecule has 0 saturated heterocycles. The summed E-state index contributed by atoms with van der Waals surface area (Å²) in [4.78, 5) is 23.9. The molecular weight excluding hydrogens is 335 g/mol. The zero-order valence-electron chi connectivity index (χ0n) is 12.8. The fourth-order valence-electron chi connectivity index (χ4n) is 1.72. The van der Waals surface area contributed by atoms with Crippen LogP contribution in [-0.2, 0) is 4.79 Å². The summed E-state index contributed by atoms with van der Waals surface area (Å²) >= 11 is 5.64. The molecule has 0 aromatic heterocycles. The van der Waals surface area contributed by atoms with Gasteiger partial charge < -0.3 is 10.4 Å². The van der Waals surface area contributed by atoms with E-state index in [0.717, 1.165) is 0 Å². The van der Waals surface area contributed by atoms with E-state index >= 15 is 0 Å². The number of carbonyl (C=O) groups is 2. The molecular formula is C15H17ClF3NO3. The normalized spacial score (nSPS) is 15.0. The standard InChI is InChI=1S/C15H17ClF3NO3/c1-13(2,3)20-12(22)14(23,15(17,18)19)8-11(21)9-4-6-10(16)7-5-9/h4-7,23H,8H2,1-3H3,(H,20,22). The average Bonchev–Trinajstić information content (AvgIpc) is 2.35. The molecule has 1 amide bonds. The van der Waals surface area contributed by atoms with Crippen molar-refractivity contribution in [2.45, 2.75) is 44.5 Å². The minimum absolute atomic E-state index is 0.0827. The molecule has 1 unspecified atom stereocenters. The summed E-state index contributed by atoms with van der Waals surface area (Å²) in [6.07, 6.45) is -6.72. The molecule has 0 aliphatic rings. The summed E-state index contributed by atoms with van der Waals surface area (Å²) in [6.45, 7) is 4.38. The third-order valence-corrected chi connectivity index (χ3v) is 3.17. The number of amides is 1. The van der Waals surface area contributed by atoms with Crippen LogP contribution in [0.2, 0.25) is 5.02 Å². The van der Waals surface area contributed by atoms with E-state index in [0.29, 0.717) is 5.02 Å². The van der Waals surface area contributed by atoms with E-state index in [4.69, 9.17) is 11.6 Å². The Balaban J connectivity index is 3.10. The molecule has 23 heavy (non-hydrogen) atoms. The number of hydrogen-bond acceptors (Lipinski definition) is 3. The van der Waals surface area contributed by atoms with Gasteiger partial charge in [-0.15, -0.1) is 0 Å². The molecule has 128 valence electrons. The highest BCUT2D eigenvalue weighted by atomic mass is 35.5. The second kappa shape index (κ2) is 6.49. The van der Waals surface area contributed by atoms with Gasteiger partial charge in [0.25, 0.3) is 5.91 Å². The number of alkyl halides is 3. The molecule has 2 N–H and O–H groups in total. The van der Waals surface area contributed by atoms with E-state index in [2.05, 4.69) is 0 Å². The van der Waals surface area contributed by atoms with Gasteiger partial charge in [-0.2, -0.15) is 13.2 Å². The van der Waals surface area contributed by atoms with Crippen molar-refractivity contribution in [3.05, 3.63) is 34.9 Å². The summed E-state index contributed by atoms with van der Waals surface area (Å²) in [7, 11) is 0. The number of ketones is 1. The number of nitrogens with one attached hydrogen (secondary N) is 1. The largest absolute Gasteiger partial charge is 0.426 e. The Labute approximate surface area is 136 Å². The van der Waals surface area contributed by atoms with Gasteiger partial charge in [0.15, 0.2) is 5.78 Å². The van der Waals surface area contributed by atoms with Gasteiger partial charge in [-0.3, -0.25) is 9.59 Å². The second-order valence-corrected chi connectivity index (χ2v) is 6.61. The van der Waals surface area contributed by atoms with Crippen molar-refractivity contribution in [1.29, 1.82) is 0 Å². The van der Waals surface area contributed by atoms with Crippen molar-refractivity contribution in [2.75, 3.05) is 0 Å². The van der Waals surface area contributed by atoms with Gasteiger partial charge in [0.05, 0.1) is 6.42 Å². The van der Waals surface area contributed by atoms with Gasteiger partial charge in [0, 0.05) is 16.1 Å². The van der Waals surface area contributed by atoms with Gasteiger partial charge in [-0.1, -0.05) is 11.6 Å². The zero-order chi connectivity index (χ0) is 18.1. The first kappa shape index (κ1) is 19.4. The van der Waals surface area contributed by atoms with Crippen molar-refractivity contribution in [1.82, 2.24) is 5.32 Å². The quantitative estimate of drug-likeness (QED) is 0.819. The van der Waals surface area contributed by atoms with Gasteiger partial charge in [-0.05, 0) is 45.0 Å². The predicted molar refractivity (Wildman–Crippen MR) is 79.3 cm³/mol. The fourth-order valence-corrected chi connectivity index (χ4v) is 1.85. The second-order valence-electron chi connectivity index (χ2n) is 6.17. The first-order valence-electron chi connectivity index (χ1n) is 6.67. The molecule has 0 heterocycles. The van der Waals surface area contributed by atoms with E-state index in [1.165, 1.54) is 45.0 Å². The summed E-state index contributed by atoms with van der Waals surface area (Å²) in [5.41, 5.74) is -4.89. The molecule has 1 rings (SSSR count). The topological polar surface area (TPSA) is 66.4 Å². The van der Waals surface area contributed by atoms with Gasteiger partial charge in [0.2, 0.25) is 5.60 Å². The highest BCUT2D eigenvalue weighted by Crippen LogP contribution is 2.35. The monoisotopic (exact) mass is 351 g/mol. The Morgan fingerprint density at radius 2 is 1.61 bits per heavy atom. The molecule has 1 atom stereocenters. The summed E-state index contributed by atoms with van der Waals surface area (Å²) in [5, 5.41) is 12.2. The average molecular weight is 352 g/mol. The Kier molecular flexibility index (Phi) is 5.49. The lowest BCUT2D eigenvalue weighted by Gasteiger charge is -2.32. The van der Waals surface area contributed by atoms with Crippen LogP contribution in [0.3, 0.4) is 0 Å². The van der Waals surface area contributed by atoms with Crippen LogP contribution >= 0.6 is 11.6 Å². The fraction of sp³-hybridized carbons (Fsp3) is 0.467. The molecule has 0 bridgehead atoms. The lowest BCUT2D eigenvalue weighted by Crippen LogP contribution is -2.61. The van der Waals surface area contributed by atoms with Gasteiger partial charge in [0.1, 0.15) is 0 Å². The van der Waals surface area contributed by atoms with Crippen molar-refractivity contribution < 1.29 is 27.9 Å². The highest BCUT2D eigenvalue weighted by molar-refractivity contribution is 6.30. The van der Waals surface area contributed by atoms with Crippen LogP contribution in [0, 0.1) is 0 Å². The van der Waals surface area contributed by atoms with E-state index in [-0.39, 0.29) is 5.56 Å². The maximum atomic E-state index is 13.2. The van der Waals surface area contributed by atoms with Crippen LogP contribution in [0.15, 0.2) is 24.3 Å². The number of halogens is 4. The minimum atomic E-state index is -5.30. The van der Waals surface area contributed by atoms with Crippen molar-refractivity contribution in [3.8, 4) is 0 Å². The number of aliphatic hydroxyl groups is 1. The Hall–Kier alpha value is -1.60. The Morgan fingerprint density at radius 3 is 2.00 bits per heavy atom. The summed E-state index contributed by atoms with van der Waals surface area (Å²) in [5.74, 6) is -2.69.